The van der Waals surface area contributed by atoms with E-state index in [2.05, 4.69) is 214 Å². The number of anilines is 3. The first-order valence-corrected chi connectivity index (χ1v) is 20.5. The number of nitrogens with zero attached hydrogens (tertiary/aromatic N) is 2. The van der Waals surface area contributed by atoms with Gasteiger partial charge in [-0.1, -0.05) is 138 Å². The number of para-hydroxylation sites is 2. The van der Waals surface area contributed by atoms with E-state index < -0.39 is 0 Å². The second-order valence-corrected chi connectivity index (χ2v) is 17.4. The molecular weight excluding hydrogens is 689 g/mol. The van der Waals surface area contributed by atoms with Gasteiger partial charge in [-0.3, -0.25) is 0 Å². The van der Waals surface area contributed by atoms with Gasteiger partial charge < -0.3 is 9.47 Å². The van der Waals surface area contributed by atoms with Crippen LogP contribution in [0.2, 0.25) is 0 Å². The quantitative estimate of drug-likeness (QED) is 0.171. The minimum Gasteiger partial charge on any atom is -0.310 e. The van der Waals surface area contributed by atoms with Crippen LogP contribution >= 0.6 is 0 Å². The van der Waals surface area contributed by atoms with Crippen molar-refractivity contribution in [3.63, 3.8) is 0 Å². The van der Waals surface area contributed by atoms with E-state index in [4.69, 9.17) is 0 Å². The van der Waals surface area contributed by atoms with Crippen LogP contribution in [0.15, 0.2) is 175 Å². The van der Waals surface area contributed by atoms with Crippen LogP contribution in [0, 0.1) is 5.92 Å². The SMILES string of the molecule is CC1CC=CC2=C1C(C)(C)c1cc(N(c3ccc(-c4ccc5c(c4)c4ccccc4n5-c4ccccc4)cc3)c3ccc4c(c3)C(C)(C)c3ccccc3-4)ccc12. The van der Waals surface area contributed by atoms with Crippen molar-refractivity contribution in [1.82, 2.24) is 4.57 Å². The summed E-state index contributed by atoms with van der Waals surface area (Å²) in [6.07, 6.45) is 5.84. The Balaban J connectivity index is 1.04. The zero-order valence-corrected chi connectivity index (χ0v) is 33.3. The number of hydrogen-bond acceptors (Lipinski definition) is 1. The molecule has 0 bridgehead atoms. The van der Waals surface area contributed by atoms with Crippen molar-refractivity contribution < 1.29 is 0 Å². The molecule has 1 heterocycles. The van der Waals surface area contributed by atoms with E-state index >= 15 is 0 Å². The van der Waals surface area contributed by atoms with E-state index in [-0.39, 0.29) is 10.8 Å². The maximum atomic E-state index is 2.48. The Hall–Kier alpha value is -6.38. The average Bonchev–Trinajstić information content (AvgIpc) is 3.78. The first-order valence-electron chi connectivity index (χ1n) is 20.5. The Bertz CT molecular complexity index is 2990. The van der Waals surface area contributed by atoms with Crippen LogP contribution in [0.4, 0.5) is 17.1 Å². The lowest BCUT2D eigenvalue weighted by Gasteiger charge is -2.32. The zero-order valence-electron chi connectivity index (χ0n) is 33.3. The third kappa shape index (κ3) is 4.96. The molecule has 8 aromatic rings. The summed E-state index contributed by atoms with van der Waals surface area (Å²) in [6.45, 7) is 12.0. The fourth-order valence-electron chi connectivity index (χ4n) is 10.7. The molecule has 0 spiro atoms. The fraction of sp³-hybridized carbons (Fsp3) is 0.164. The highest BCUT2D eigenvalue weighted by Crippen LogP contribution is 2.54. The molecule has 1 unspecified atom stereocenters. The summed E-state index contributed by atoms with van der Waals surface area (Å²) in [5.41, 5.74) is 20.7. The molecule has 0 saturated heterocycles. The number of allylic oxidation sites excluding steroid dienone is 4. The predicted molar refractivity (Wildman–Crippen MR) is 241 cm³/mol. The summed E-state index contributed by atoms with van der Waals surface area (Å²) in [7, 11) is 0. The molecular formula is C55H46N2. The van der Waals surface area contributed by atoms with Crippen molar-refractivity contribution in [3.8, 4) is 27.9 Å². The van der Waals surface area contributed by atoms with Crippen molar-refractivity contribution in [1.29, 1.82) is 0 Å². The zero-order chi connectivity index (χ0) is 38.6. The number of hydrogen-bond donors (Lipinski definition) is 0. The van der Waals surface area contributed by atoms with Crippen molar-refractivity contribution >= 4 is 44.4 Å². The molecule has 1 aromatic heterocycles. The number of fused-ring (bicyclic) bond motifs is 8. The molecule has 3 aliphatic carbocycles. The maximum absolute atomic E-state index is 2.48. The molecule has 276 valence electrons. The Morgan fingerprint density at radius 3 is 1.91 bits per heavy atom. The van der Waals surface area contributed by atoms with Gasteiger partial charge in [0.1, 0.15) is 0 Å². The van der Waals surface area contributed by atoms with Crippen LogP contribution in [0.1, 0.15) is 63.3 Å². The van der Waals surface area contributed by atoms with Gasteiger partial charge in [0, 0.05) is 44.4 Å². The van der Waals surface area contributed by atoms with Gasteiger partial charge in [-0.25, -0.2) is 0 Å². The third-order valence-electron chi connectivity index (χ3n) is 13.4. The van der Waals surface area contributed by atoms with E-state index in [0.717, 1.165) is 12.1 Å². The van der Waals surface area contributed by atoms with Crippen LogP contribution < -0.4 is 4.90 Å². The summed E-state index contributed by atoms with van der Waals surface area (Å²) in [5, 5.41) is 2.53. The lowest BCUT2D eigenvalue weighted by molar-refractivity contribution is 0.530. The van der Waals surface area contributed by atoms with Crippen LogP contribution in [-0.4, -0.2) is 4.57 Å². The molecule has 2 nitrogen and oxygen atoms in total. The number of benzene rings is 7. The van der Waals surface area contributed by atoms with E-state index in [1.54, 1.807) is 5.57 Å². The fourth-order valence-corrected chi connectivity index (χ4v) is 10.7. The highest BCUT2D eigenvalue weighted by Gasteiger charge is 2.41. The predicted octanol–water partition coefficient (Wildman–Crippen LogP) is 14.9. The molecule has 1 atom stereocenters. The molecule has 0 aliphatic heterocycles. The van der Waals surface area contributed by atoms with Gasteiger partial charge in [0.15, 0.2) is 0 Å². The maximum Gasteiger partial charge on any atom is 0.0541 e. The normalized spacial score (nSPS) is 17.1. The Morgan fingerprint density at radius 1 is 0.509 bits per heavy atom. The van der Waals surface area contributed by atoms with Gasteiger partial charge in [0.2, 0.25) is 0 Å². The Labute approximate surface area is 336 Å². The summed E-state index contributed by atoms with van der Waals surface area (Å²) in [4.78, 5) is 2.48. The lowest BCUT2D eigenvalue weighted by atomic mass is 9.74. The lowest BCUT2D eigenvalue weighted by Crippen LogP contribution is -2.23. The summed E-state index contributed by atoms with van der Waals surface area (Å²) < 4.78 is 2.38. The van der Waals surface area contributed by atoms with Crippen molar-refractivity contribution in [3.05, 3.63) is 198 Å². The summed E-state index contributed by atoms with van der Waals surface area (Å²) >= 11 is 0. The smallest absolute Gasteiger partial charge is 0.0541 e. The Kier molecular flexibility index (Phi) is 7.32. The molecule has 3 aliphatic rings. The second-order valence-electron chi connectivity index (χ2n) is 17.4. The molecule has 0 saturated carbocycles. The molecule has 0 fully saturated rings. The molecule has 0 amide bonds. The van der Waals surface area contributed by atoms with Crippen molar-refractivity contribution in [2.24, 2.45) is 5.92 Å². The number of aromatic nitrogens is 1. The van der Waals surface area contributed by atoms with Crippen LogP contribution in [0.3, 0.4) is 0 Å². The van der Waals surface area contributed by atoms with Crippen molar-refractivity contribution in [2.45, 2.75) is 51.9 Å². The van der Waals surface area contributed by atoms with Gasteiger partial charge in [-0.2, -0.15) is 0 Å². The van der Waals surface area contributed by atoms with E-state index in [1.165, 1.54) is 88.9 Å². The van der Waals surface area contributed by atoms with Crippen LogP contribution in [0.25, 0.3) is 55.3 Å². The van der Waals surface area contributed by atoms with Gasteiger partial charge in [0.25, 0.3) is 0 Å². The highest BCUT2D eigenvalue weighted by atomic mass is 15.1. The van der Waals surface area contributed by atoms with Crippen LogP contribution in [0.5, 0.6) is 0 Å². The van der Waals surface area contributed by atoms with Gasteiger partial charge in [0.05, 0.1) is 11.0 Å². The molecule has 0 radical (unpaired) electrons. The average molecular weight is 735 g/mol. The Morgan fingerprint density at radius 2 is 1.12 bits per heavy atom. The first-order chi connectivity index (χ1) is 27.7. The molecule has 11 rings (SSSR count). The van der Waals surface area contributed by atoms with Gasteiger partial charge in [-0.05, 0) is 135 Å². The monoisotopic (exact) mass is 734 g/mol. The van der Waals surface area contributed by atoms with E-state index in [9.17, 15) is 0 Å². The minimum atomic E-state index is -0.0921. The third-order valence-corrected chi connectivity index (χ3v) is 13.4. The highest BCUT2D eigenvalue weighted by molar-refractivity contribution is 6.10. The molecule has 7 aromatic carbocycles. The van der Waals surface area contributed by atoms with E-state index in [0.29, 0.717) is 5.92 Å². The van der Waals surface area contributed by atoms with Gasteiger partial charge >= 0.3 is 0 Å². The molecule has 0 N–H and O–H groups in total. The minimum absolute atomic E-state index is 0.0375. The molecule has 57 heavy (non-hydrogen) atoms. The van der Waals surface area contributed by atoms with Crippen LogP contribution in [-0.2, 0) is 10.8 Å². The summed E-state index contributed by atoms with van der Waals surface area (Å²) in [6, 6.07) is 58.9. The summed E-state index contributed by atoms with van der Waals surface area (Å²) in [5.74, 6) is 0.536. The van der Waals surface area contributed by atoms with E-state index in [1.807, 2.05) is 0 Å². The molecule has 2 heteroatoms. The topological polar surface area (TPSA) is 8.17 Å². The van der Waals surface area contributed by atoms with Crippen molar-refractivity contribution in [2.75, 3.05) is 4.90 Å². The number of rotatable bonds is 5. The van der Waals surface area contributed by atoms with Gasteiger partial charge in [-0.15, -0.1) is 0 Å². The second kappa shape index (κ2) is 12.3. The largest absolute Gasteiger partial charge is 0.310 e. The standard InChI is InChI=1S/C55H46N2/c1-35-14-13-19-46-44-30-28-41(34-50(44)55(4,5)53(35)46)56(40-27-29-43-42-17-9-11-20-48(42)54(2,3)49(43)33-40)39-25-22-36(23-26-39)37-24-31-52-47(32-37)45-18-10-12-21-51(45)57(52)38-15-7-6-8-16-38/h6-13,15-35H,14H2,1-5H3. The first kappa shape index (κ1) is 33.9.